The summed E-state index contributed by atoms with van der Waals surface area (Å²) in [7, 11) is 0. The van der Waals surface area contributed by atoms with E-state index in [9.17, 15) is 14.7 Å². The Hall–Kier alpha value is -1.84. The van der Waals surface area contributed by atoms with Crippen molar-refractivity contribution in [2.24, 2.45) is 0 Å². The molecule has 2 heterocycles. The average molecular weight is 205 g/mol. The number of aryl methyl sites for hydroxylation is 1. The van der Waals surface area contributed by atoms with Gasteiger partial charge in [0.05, 0.1) is 0 Å². The van der Waals surface area contributed by atoms with Crippen LogP contribution in [0.2, 0.25) is 0 Å². The number of aliphatic hydroxyl groups excluding tert-OH is 1. The lowest BCUT2D eigenvalue weighted by molar-refractivity contribution is 0.0920. The number of carbonyl (C=O) groups is 1. The van der Waals surface area contributed by atoms with Crippen LogP contribution in [-0.4, -0.2) is 15.6 Å². The van der Waals surface area contributed by atoms with Gasteiger partial charge in [-0.2, -0.15) is 0 Å². The van der Waals surface area contributed by atoms with Crippen molar-refractivity contribution in [3.05, 3.63) is 39.8 Å². The van der Waals surface area contributed by atoms with Gasteiger partial charge in [0.2, 0.25) is 5.91 Å². The number of hydrogen-bond donors (Lipinski definition) is 1. The molecule has 1 N–H and O–H groups in total. The molecule has 1 aromatic heterocycles. The fourth-order valence-electron chi connectivity index (χ4n) is 1.86. The monoisotopic (exact) mass is 205 g/mol. The van der Waals surface area contributed by atoms with Gasteiger partial charge in [-0.1, -0.05) is 6.58 Å². The van der Waals surface area contributed by atoms with Crippen LogP contribution in [0.3, 0.4) is 0 Å². The Kier molecular flexibility index (Phi) is 2.00. The minimum absolute atomic E-state index is 0.132. The zero-order valence-electron chi connectivity index (χ0n) is 8.41. The van der Waals surface area contributed by atoms with E-state index in [0.29, 0.717) is 29.7 Å². The Balaban J connectivity index is 2.79. The molecule has 0 aromatic carbocycles. The Morgan fingerprint density at radius 3 is 2.73 bits per heavy atom. The number of nitrogens with zero attached hydrogens (tertiary/aromatic N) is 1. The van der Waals surface area contributed by atoms with Gasteiger partial charge in [0.15, 0.2) is 0 Å². The van der Waals surface area contributed by atoms with Crippen molar-refractivity contribution in [3.63, 3.8) is 0 Å². The Labute approximate surface area is 86.5 Å². The Morgan fingerprint density at radius 1 is 1.47 bits per heavy atom. The Morgan fingerprint density at radius 2 is 2.13 bits per heavy atom. The second-order valence-corrected chi connectivity index (χ2v) is 3.66. The van der Waals surface area contributed by atoms with Crippen molar-refractivity contribution < 1.29 is 9.90 Å². The molecule has 2 rings (SSSR count). The van der Waals surface area contributed by atoms with Crippen LogP contribution in [0.25, 0.3) is 5.76 Å². The molecule has 4 nitrogen and oxygen atoms in total. The minimum atomic E-state index is -0.347. The molecule has 0 amide bonds. The molecule has 1 aromatic rings. The lowest BCUT2D eigenvalue weighted by Gasteiger charge is -2.07. The zero-order chi connectivity index (χ0) is 11.2. The molecule has 78 valence electrons. The van der Waals surface area contributed by atoms with Gasteiger partial charge in [-0.25, -0.2) is 0 Å². The van der Waals surface area contributed by atoms with Gasteiger partial charge in [-0.15, -0.1) is 0 Å². The first kappa shape index (κ1) is 9.71. The van der Waals surface area contributed by atoms with Crippen LogP contribution >= 0.6 is 0 Å². The van der Waals surface area contributed by atoms with Crippen molar-refractivity contribution in [1.82, 2.24) is 4.57 Å². The van der Waals surface area contributed by atoms with Gasteiger partial charge < -0.3 is 5.11 Å². The third kappa shape index (κ3) is 1.29. The van der Waals surface area contributed by atoms with E-state index in [2.05, 4.69) is 6.58 Å². The van der Waals surface area contributed by atoms with Gasteiger partial charge in [-0.3, -0.25) is 14.2 Å². The molecule has 1 aliphatic heterocycles. The normalized spacial score (nSPS) is 14.1. The first-order valence-corrected chi connectivity index (χ1v) is 4.69. The van der Waals surface area contributed by atoms with Crippen LogP contribution in [0.4, 0.5) is 0 Å². The number of rotatable bonds is 1. The largest absolute Gasteiger partial charge is 0.508 e. The van der Waals surface area contributed by atoms with Gasteiger partial charge in [0, 0.05) is 23.2 Å². The van der Waals surface area contributed by atoms with E-state index < -0.39 is 0 Å². The van der Waals surface area contributed by atoms with Crippen LogP contribution in [0.5, 0.6) is 0 Å². The molecule has 0 bridgehead atoms. The molecule has 0 saturated heterocycles. The van der Waals surface area contributed by atoms with Crippen molar-refractivity contribution in [2.45, 2.75) is 19.8 Å². The number of hydrogen-bond acceptors (Lipinski definition) is 3. The molecule has 4 heteroatoms. The second kappa shape index (κ2) is 3.08. The average Bonchev–Trinajstić information content (AvgIpc) is 2.53. The SMILES string of the molecule is C=C(O)c1cc2n(c(=O)c1C)C(=O)CC2. The van der Waals surface area contributed by atoms with Gasteiger partial charge in [0.1, 0.15) is 5.76 Å². The van der Waals surface area contributed by atoms with Crippen LogP contribution in [0, 0.1) is 6.92 Å². The summed E-state index contributed by atoms with van der Waals surface area (Å²) in [5.74, 6) is -0.305. The molecular formula is C11H11NO3. The second-order valence-electron chi connectivity index (χ2n) is 3.66. The molecule has 0 radical (unpaired) electrons. The molecule has 0 spiro atoms. The van der Waals surface area contributed by atoms with Crippen LogP contribution < -0.4 is 5.56 Å². The van der Waals surface area contributed by atoms with Gasteiger partial charge >= 0.3 is 0 Å². The third-order valence-electron chi connectivity index (χ3n) is 2.68. The number of fused-ring (bicyclic) bond motifs is 1. The highest BCUT2D eigenvalue weighted by Crippen LogP contribution is 2.19. The fraction of sp³-hybridized carbons (Fsp3) is 0.273. The molecule has 0 atom stereocenters. The van der Waals surface area contributed by atoms with Crippen LogP contribution in [0.1, 0.15) is 28.0 Å². The highest BCUT2D eigenvalue weighted by Gasteiger charge is 2.23. The summed E-state index contributed by atoms with van der Waals surface area (Å²) < 4.78 is 1.18. The van der Waals surface area contributed by atoms with Crippen molar-refractivity contribution in [3.8, 4) is 0 Å². The van der Waals surface area contributed by atoms with E-state index in [1.54, 1.807) is 13.0 Å². The van der Waals surface area contributed by atoms with Crippen molar-refractivity contribution in [2.75, 3.05) is 0 Å². The summed E-state index contributed by atoms with van der Waals surface area (Å²) in [6.07, 6.45) is 0.907. The Bertz CT molecular complexity index is 525. The first-order valence-electron chi connectivity index (χ1n) is 4.69. The predicted molar refractivity (Wildman–Crippen MR) is 56.0 cm³/mol. The molecule has 15 heavy (non-hydrogen) atoms. The van der Waals surface area contributed by atoms with E-state index in [4.69, 9.17) is 0 Å². The minimum Gasteiger partial charge on any atom is -0.508 e. The molecular weight excluding hydrogens is 194 g/mol. The highest BCUT2D eigenvalue weighted by molar-refractivity contribution is 5.83. The van der Waals surface area contributed by atoms with E-state index in [1.807, 2.05) is 0 Å². The number of aliphatic hydroxyl groups is 1. The third-order valence-corrected chi connectivity index (χ3v) is 2.68. The zero-order valence-corrected chi connectivity index (χ0v) is 8.41. The topological polar surface area (TPSA) is 59.3 Å². The number of carbonyl (C=O) groups excluding carboxylic acids is 1. The molecule has 0 fully saturated rings. The van der Waals surface area contributed by atoms with Crippen molar-refractivity contribution in [1.29, 1.82) is 0 Å². The maximum atomic E-state index is 11.8. The van der Waals surface area contributed by atoms with E-state index >= 15 is 0 Å². The summed E-state index contributed by atoms with van der Waals surface area (Å²) >= 11 is 0. The smallest absolute Gasteiger partial charge is 0.261 e. The standard InChI is InChI=1S/C11H11NO3/c1-6-9(7(2)13)5-8-3-4-10(14)12(8)11(6)15/h5,13H,2-4H2,1H3. The van der Waals surface area contributed by atoms with Gasteiger partial charge in [-0.05, 0) is 19.4 Å². The van der Waals surface area contributed by atoms with E-state index in [-0.39, 0.29) is 17.2 Å². The first-order chi connectivity index (χ1) is 7.02. The lowest BCUT2D eigenvalue weighted by Crippen LogP contribution is -2.27. The van der Waals surface area contributed by atoms with Gasteiger partial charge in [0.25, 0.3) is 5.56 Å². The number of aromatic nitrogens is 1. The molecule has 0 unspecified atom stereocenters. The van der Waals surface area contributed by atoms with Crippen molar-refractivity contribution >= 4 is 11.7 Å². The summed E-state index contributed by atoms with van der Waals surface area (Å²) in [5, 5.41) is 9.30. The quantitative estimate of drug-likeness (QED) is 0.702. The predicted octanol–water partition coefficient (Wildman–Crippen LogP) is 1.27. The highest BCUT2D eigenvalue weighted by atomic mass is 16.3. The molecule has 0 aliphatic carbocycles. The summed E-state index contributed by atoms with van der Waals surface area (Å²) in [4.78, 5) is 23.2. The van der Waals surface area contributed by atoms with E-state index in [1.165, 1.54) is 4.57 Å². The van der Waals surface area contributed by atoms with Crippen LogP contribution in [-0.2, 0) is 6.42 Å². The summed E-state index contributed by atoms with van der Waals surface area (Å²) in [6, 6.07) is 1.66. The van der Waals surface area contributed by atoms with Crippen LogP contribution in [0.15, 0.2) is 17.4 Å². The molecule has 0 saturated carbocycles. The summed E-state index contributed by atoms with van der Waals surface area (Å²) in [5.41, 5.74) is 1.10. The summed E-state index contributed by atoms with van der Waals surface area (Å²) in [6.45, 7) is 4.98. The fourth-order valence-corrected chi connectivity index (χ4v) is 1.86. The van der Waals surface area contributed by atoms with E-state index in [0.717, 1.165) is 0 Å². The molecule has 1 aliphatic rings. The number of pyridine rings is 1. The maximum Gasteiger partial charge on any atom is 0.261 e. The lowest BCUT2D eigenvalue weighted by atomic mass is 10.1. The maximum absolute atomic E-state index is 11.8.